The highest BCUT2D eigenvalue weighted by atomic mass is 32.1. The van der Waals surface area contributed by atoms with Gasteiger partial charge in [0.05, 0.1) is 0 Å². The normalized spacial score (nSPS) is 10.1. The maximum Gasteiger partial charge on any atom is 0.256 e. The Kier molecular flexibility index (Phi) is 4.48. The molecule has 0 aliphatic carbocycles. The highest BCUT2D eigenvalue weighted by Gasteiger charge is 2.13. The van der Waals surface area contributed by atoms with Crippen LogP contribution in [0.5, 0.6) is 5.75 Å². The smallest absolute Gasteiger partial charge is 0.256 e. The summed E-state index contributed by atoms with van der Waals surface area (Å²) in [6.07, 6.45) is 2.09. The third-order valence-electron chi connectivity index (χ3n) is 2.87. The molecule has 0 atom stereocenters. The van der Waals surface area contributed by atoms with Crippen molar-refractivity contribution < 1.29 is 9.90 Å². The fourth-order valence-corrected chi connectivity index (χ4v) is 2.04. The molecule has 1 amide bonds. The number of anilines is 1. The second kappa shape index (κ2) is 6.30. The molecule has 0 unspecified atom stereocenters. The van der Waals surface area contributed by atoms with Gasteiger partial charge in [-0.05, 0) is 42.8 Å². The molecule has 0 saturated heterocycles. The molecule has 0 aliphatic heterocycles. The number of phenolic OH excluding ortho intramolecular Hbond substituents is 1. The van der Waals surface area contributed by atoms with Gasteiger partial charge in [-0.15, -0.1) is 19.2 Å². The number of nitrogens with one attached hydrogen (secondary N) is 1. The van der Waals surface area contributed by atoms with Gasteiger partial charge >= 0.3 is 0 Å². The zero-order valence-corrected chi connectivity index (χ0v) is 11.7. The molecule has 0 radical (unpaired) electrons. The Morgan fingerprint density at radius 1 is 1.25 bits per heavy atom. The topological polar surface area (TPSA) is 49.3 Å². The zero-order chi connectivity index (χ0) is 14.5. The van der Waals surface area contributed by atoms with E-state index in [9.17, 15) is 9.90 Å². The fourth-order valence-electron chi connectivity index (χ4n) is 1.89. The van der Waals surface area contributed by atoms with Gasteiger partial charge in [-0.25, -0.2) is 0 Å². The van der Waals surface area contributed by atoms with Crippen molar-refractivity contribution in [2.75, 3.05) is 5.32 Å². The van der Waals surface area contributed by atoms with Gasteiger partial charge in [0.15, 0.2) is 0 Å². The highest BCUT2D eigenvalue weighted by Crippen LogP contribution is 2.23. The Hall–Kier alpha value is -2.20. The molecule has 0 aromatic heterocycles. The molecule has 0 bridgehead atoms. The monoisotopic (exact) mass is 285 g/mol. The zero-order valence-electron chi connectivity index (χ0n) is 10.8. The van der Waals surface area contributed by atoms with E-state index in [1.165, 1.54) is 0 Å². The van der Waals surface area contributed by atoms with Crippen molar-refractivity contribution in [2.24, 2.45) is 0 Å². The maximum atomic E-state index is 12.3. The predicted molar refractivity (Wildman–Crippen MR) is 83.7 cm³/mol. The molecular weight excluding hydrogens is 270 g/mol. The largest absolute Gasteiger partial charge is 0.508 e. The summed E-state index contributed by atoms with van der Waals surface area (Å²) in [5.74, 6) is -0.159. The van der Waals surface area contributed by atoms with E-state index in [1.54, 1.807) is 48.5 Å². The molecular formula is C16H15NO2S. The van der Waals surface area contributed by atoms with E-state index < -0.39 is 0 Å². The van der Waals surface area contributed by atoms with Gasteiger partial charge in [-0.1, -0.05) is 12.1 Å². The molecule has 2 rings (SSSR count). The minimum atomic E-state index is -0.260. The Labute approximate surface area is 123 Å². The first-order valence-electron chi connectivity index (χ1n) is 6.14. The van der Waals surface area contributed by atoms with Crippen molar-refractivity contribution in [3.63, 3.8) is 0 Å². The molecule has 3 nitrogen and oxygen atoms in total. The first-order chi connectivity index (χ1) is 9.61. The summed E-state index contributed by atoms with van der Waals surface area (Å²) in [6, 6.07) is 12.0. The number of amides is 1. The van der Waals surface area contributed by atoms with Crippen molar-refractivity contribution in [3.8, 4) is 5.75 Å². The van der Waals surface area contributed by atoms with Crippen LogP contribution >= 0.6 is 12.6 Å². The Morgan fingerprint density at radius 2 is 1.95 bits per heavy atom. The van der Waals surface area contributed by atoms with Crippen LogP contribution in [0.2, 0.25) is 0 Å². The summed E-state index contributed by atoms with van der Waals surface area (Å²) in [4.78, 5) is 13.1. The summed E-state index contributed by atoms with van der Waals surface area (Å²) in [5.41, 5.74) is 1.70. The van der Waals surface area contributed by atoms with E-state index in [-0.39, 0.29) is 11.7 Å². The van der Waals surface area contributed by atoms with Crippen LogP contribution in [-0.2, 0) is 6.42 Å². The highest BCUT2D eigenvalue weighted by molar-refractivity contribution is 7.80. The lowest BCUT2D eigenvalue weighted by molar-refractivity contribution is 0.102. The lowest BCUT2D eigenvalue weighted by atomic mass is 10.0. The summed E-state index contributed by atoms with van der Waals surface area (Å²) in [6.45, 7) is 3.64. The second-order valence-corrected chi connectivity index (χ2v) is 4.81. The number of carbonyl (C=O) groups is 1. The van der Waals surface area contributed by atoms with E-state index in [2.05, 4.69) is 24.5 Å². The third-order valence-corrected chi connectivity index (χ3v) is 3.17. The maximum absolute atomic E-state index is 12.3. The van der Waals surface area contributed by atoms with Gasteiger partial charge in [0, 0.05) is 21.7 Å². The number of carbonyl (C=O) groups excluding carboxylic acids is 1. The van der Waals surface area contributed by atoms with Crippen molar-refractivity contribution in [2.45, 2.75) is 11.3 Å². The molecule has 0 saturated carbocycles. The van der Waals surface area contributed by atoms with Crippen molar-refractivity contribution in [1.82, 2.24) is 0 Å². The second-order valence-electron chi connectivity index (χ2n) is 4.30. The van der Waals surface area contributed by atoms with Crippen molar-refractivity contribution >= 4 is 24.2 Å². The first-order valence-corrected chi connectivity index (χ1v) is 6.58. The lowest BCUT2D eigenvalue weighted by Gasteiger charge is -2.10. The van der Waals surface area contributed by atoms with E-state index >= 15 is 0 Å². The molecule has 20 heavy (non-hydrogen) atoms. The fraction of sp³-hybridized carbons (Fsp3) is 0.0625. The average Bonchev–Trinajstić information content (AvgIpc) is 2.43. The van der Waals surface area contributed by atoms with Crippen LogP contribution in [0.3, 0.4) is 0 Å². The molecule has 0 heterocycles. The van der Waals surface area contributed by atoms with Crippen LogP contribution in [0.1, 0.15) is 15.9 Å². The lowest BCUT2D eigenvalue weighted by Crippen LogP contribution is -2.14. The molecule has 0 fully saturated rings. The summed E-state index contributed by atoms with van der Waals surface area (Å²) in [5, 5.41) is 12.6. The number of allylic oxidation sites excluding steroid dienone is 1. The average molecular weight is 285 g/mol. The summed E-state index contributed by atoms with van der Waals surface area (Å²) < 4.78 is 0. The predicted octanol–water partition coefficient (Wildman–Crippen LogP) is 3.66. The van der Waals surface area contributed by atoms with Crippen LogP contribution in [0.25, 0.3) is 0 Å². The number of hydrogen-bond acceptors (Lipinski definition) is 3. The standard InChI is InChI=1S/C16H15NO2S/c1-2-4-13-14(5-3-6-15(13)18)16(19)17-11-7-9-12(20)10-8-11/h2-3,5-10,18,20H,1,4H2,(H,17,19). The Balaban J connectivity index is 2.27. The number of phenols is 1. The van der Waals surface area contributed by atoms with Gasteiger partial charge in [0.2, 0.25) is 0 Å². The number of thiol groups is 1. The van der Waals surface area contributed by atoms with E-state index in [0.29, 0.717) is 23.2 Å². The molecule has 4 heteroatoms. The van der Waals surface area contributed by atoms with Crippen molar-refractivity contribution in [3.05, 3.63) is 66.2 Å². The van der Waals surface area contributed by atoms with Gasteiger partial charge in [0.25, 0.3) is 5.91 Å². The van der Waals surface area contributed by atoms with E-state index in [1.807, 2.05) is 0 Å². The SMILES string of the molecule is C=CCc1c(O)cccc1C(=O)Nc1ccc(S)cc1. The van der Waals surface area contributed by atoms with Crippen molar-refractivity contribution in [1.29, 1.82) is 0 Å². The van der Waals surface area contributed by atoms with Gasteiger partial charge in [0.1, 0.15) is 5.75 Å². The minimum Gasteiger partial charge on any atom is -0.508 e. The molecule has 2 aromatic carbocycles. The molecule has 102 valence electrons. The van der Waals surface area contributed by atoms with Gasteiger partial charge < -0.3 is 10.4 Å². The van der Waals surface area contributed by atoms with Crippen LogP contribution in [0.4, 0.5) is 5.69 Å². The third kappa shape index (κ3) is 3.22. The number of hydrogen-bond donors (Lipinski definition) is 3. The molecule has 2 aromatic rings. The van der Waals surface area contributed by atoms with Gasteiger partial charge in [-0.2, -0.15) is 0 Å². The van der Waals surface area contributed by atoms with Gasteiger partial charge in [-0.3, -0.25) is 4.79 Å². The van der Waals surface area contributed by atoms with E-state index in [4.69, 9.17) is 0 Å². The Morgan fingerprint density at radius 3 is 2.60 bits per heavy atom. The van der Waals surface area contributed by atoms with E-state index in [0.717, 1.165) is 4.90 Å². The molecule has 2 N–H and O–H groups in total. The van der Waals surface area contributed by atoms with Crippen LogP contribution in [-0.4, -0.2) is 11.0 Å². The number of rotatable bonds is 4. The molecule has 0 aliphatic rings. The minimum absolute atomic E-state index is 0.100. The number of aromatic hydroxyl groups is 1. The first kappa shape index (κ1) is 14.2. The van der Waals surface area contributed by atoms with Crippen LogP contribution in [0.15, 0.2) is 60.0 Å². The molecule has 0 spiro atoms. The van der Waals surface area contributed by atoms with Crippen LogP contribution in [0, 0.1) is 0 Å². The van der Waals surface area contributed by atoms with Crippen LogP contribution < -0.4 is 5.32 Å². The number of benzene rings is 2. The summed E-state index contributed by atoms with van der Waals surface area (Å²) in [7, 11) is 0. The Bertz CT molecular complexity index is 635. The quantitative estimate of drug-likeness (QED) is 0.593. The summed E-state index contributed by atoms with van der Waals surface area (Å²) >= 11 is 4.19.